The van der Waals surface area contributed by atoms with Gasteiger partial charge in [0.1, 0.15) is 0 Å². The molecular formula is C17H19Cl2NS. The molecule has 0 radical (unpaired) electrons. The van der Waals surface area contributed by atoms with Crippen molar-refractivity contribution < 1.29 is 0 Å². The number of hydrogen-bond acceptors (Lipinski definition) is 2. The molecule has 0 heterocycles. The fourth-order valence-corrected chi connectivity index (χ4v) is 3.52. The maximum atomic E-state index is 6.21. The van der Waals surface area contributed by atoms with E-state index in [0.29, 0.717) is 5.02 Å². The monoisotopic (exact) mass is 339 g/mol. The highest BCUT2D eigenvalue weighted by molar-refractivity contribution is 7.99. The van der Waals surface area contributed by atoms with Crippen LogP contribution in [0.25, 0.3) is 0 Å². The van der Waals surface area contributed by atoms with Crippen molar-refractivity contribution in [2.75, 3.05) is 0 Å². The van der Waals surface area contributed by atoms with Crippen LogP contribution < -0.4 is 5.73 Å². The second-order valence-electron chi connectivity index (χ2n) is 5.14. The van der Waals surface area contributed by atoms with Gasteiger partial charge in [-0.15, -0.1) is 0 Å². The predicted molar refractivity (Wildman–Crippen MR) is 93.7 cm³/mol. The molecule has 2 aromatic carbocycles. The maximum absolute atomic E-state index is 6.21. The van der Waals surface area contributed by atoms with E-state index in [0.717, 1.165) is 27.7 Å². The predicted octanol–water partition coefficient (Wildman–Crippen LogP) is 5.73. The van der Waals surface area contributed by atoms with Crippen LogP contribution in [0.15, 0.2) is 46.2 Å². The summed E-state index contributed by atoms with van der Waals surface area (Å²) in [6.45, 7) is 4.24. The van der Waals surface area contributed by atoms with Crippen LogP contribution in [0.4, 0.5) is 0 Å². The minimum Gasteiger partial charge on any atom is -0.327 e. The summed E-state index contributed by atoms with van der Waals surface area (Å²) in [5.41, 5.74) is 8.61. The van der Waals surface area contributed by atoms with Gasteiger partial charge in [0.15, 0.2) is 0 Å². The summed E-state index contributed by atoms with van der Waals surface area (Å²) in [6, 6.07) is 12.2. The van der Waals surface area contributed by atoms with E-state index >= 15 is 0 Å². The van der Waals surface area contributed by atoms with Crippen LogP contribution >= 0.6 is 35.0 Å². The van der Waals surface area contributed by atoms with Crippen LogP contribution in [-0.4, -0.2) is 6.04 Å². The number of nitrogens with two attached hydrogens (primary N) is 1. The lowest BCUT2D eigenvalue weighted by Gasteiger charge is -2.13. The number of halogens is 2. The van der Waals surface area contributed by atoms with E-state index < -0.39 is 0 Å². The fraction of sp³-hybridized carbons (Fsp3) is 0.294. The summed E-state index contributed by atoms with van der Waals surface area (Å²) in [6.07, 6.45) is 1.92. The second kappa shape index (κ2) is 7.55. The van der Waals surface area contributed by atoms with Crippen LogP contribution in [-0.2, 0) is 6.42 Å². The molecule has 0 saturated heterocycles. The highest BCUT2D eigenvalue weighted by Gasteiger charge is 2.08. The molecule has 0 saturated carbocycles. The van der Waals surface area contributed by atoms with Gasteiger partial charge in [0, 0.05) is 20.9 Å². The largest absolute Gasteiger partial charge is 0.327 e. The summed E-state index contributed by atoms with van der Waals surface area (Å²) in [5.74, 6) is 0. The molecule has 0 fully saturated rings. The molecule has 0 aliphatic rings. The van der Waals surface area contributed by atoms with Gasteiger partial charge in [0.05, 0.1) is 5.02 Å². The molecule has 0 aliphatic carbocycles. The molecule has 21 heavy (non-hydrogen) atoms. The van der Waals surface area contributed by atoms with E-state index in [9.17, 15) is 0 Å². The number of hydrogen-bond donors (Lipinski definition) is 1. The van der Waals surface area contributed by atoms with Crippen LogP contribution in [0.5, 0.6) is 0 Å². The number of rotatable bonds is 5. The molecule has 1 unspecified atom stereocenters. The molecule has 1 atom stereocenters. The SMILES string of the molecule is CCC(N)Cc1ccc(Sc2cc(Cl)ccc2Cl)cc1C. The maximum Gasteiger partial charge on any atom is 0.0546 e. The summed E-state index contributed by atoms with van der Waals surface area (Å²) < 4.78 is 0. The summed E-state index contributed by atoms with van der Waals surface area (Å²) in [4.78, 5) is 2.13. The standard InChI is InChI=1S/C17H19Cl2NS/c1-3-14(20)9-12-4-6-15(8-11(12)2)21-17-10-13(18)5-7-16(17)19/h4-8,10,14H,3,9,20H2,1-2H3. The van der Waals surface area contributed by atoms with Crippen molar-refractivity contribution in [1.29, 1.82) is 0 Å². The second-order valence-corrected chi connectivity index (χ2v) is 7.10. The molecule has 2 N–H and O–H groups in total. The summed E-state index contributed by atoms with van der Waals surface area (Å²) in [7, 11) is 0. The topological polar surface area (TPSA) is 26.0 Å². The van der Waals surface area contributed by atoms with Gasteiger partial charge in [0.2, 0.25) is 0 Å². The van der Waals surface area contributed by atoms with E-state index in [-0.39, 0.29) is 6.04 Å². The zero-order valence-electron chi connectivity index (χ0n) is 12.2. The fourth-order valence-electron chi connectivity index (χ4n) is 2.07. The first-order chi connectivity index (χ1) is 9.99. The third kappa shape index (κ3) is 4.65. The zero-order valence-corrected chi connectivity index (χ0v) is 14.5. The van der Waals surface area contributed by atoms with Gasteiger partial charge >= 0.3 is 0 Å². The van der Waals surface area contributed by atoms with E-state index in [1.165, 1.54) is 11.1 Å². The Kier molecular flexibility index (Phi) is 6.00. The molecule has 2 rings (SSSR count). The molecule has 0 aromatic heterocycles. The van der Waals surface area contributed by atoms with E-state index in [1.807, 2.05) is 12.1 Å². The average Bonchev–Trinajstić information content (AvgIpc) is 2.45. The van der Waals surface area contributed by atoms with Crippen molar-refractivity contribution in [2.45, 2.75) is 42.5 Å². The van der Waals surface area contributed by atoms with Crippen LogP contribution in [0.2, 0.25) is 10.0 Å². The van der Waals surface area contributed by atoms with Crippen molar-refractivity contribution in [1.82, 2.24) is 0 Å². The van der Waals surface area contributed by atoms with E-state index in [1.54, 1.807) is 17.8 Å². The minimum absolute atomic E-state index is 0.226. The van der Waals surface area contributed by atoms with Crippen molar-refractivity contribution in [3.63, 3.8) is 0 Å². The zero-order chi connectivity index (χ0) is 15.4. The Morgan fingerprint density at radius 1 is 1.14 bits per heavy atom. The van der Waals surface area contributed by atoms with E-state index in [2.05, 4.69) is 32.0 Å². The third-order valence-corrected chi connectivity index (χ3v) is 5.17. The Bertz CT molecular complexity index is 628. The summed E-state index contributed by atoms with van der Waals surface area (Å²) >= 11 is 13.9. The lowest BCUT2D eigenvalue weighted by atomic mass is 10.0. The minimum atomic E-state index is 0.226. The normalized spacial score (nSPS) is 12.4. The molecule has 0 bridgehead atoms. The summed E-state index contributed by atoms with van der Waals surface area (Å²) in [5, 5.41) is 1.42. The average molecular weight is 340 g/mol. The number of benzene rings is 2. The van der Waals surface area contributed by atoms with Gasteiger partial charge < -0.3 is 5.73 Å². The van der Waals surface area contributed by atoms with Gasteiger partial charge in [-0.3, -0.25) is 0 Å². The Balaban J connectivity index is 2.18. The van der Waals surface area contributed by atoms with Crippen LogP contribution in [0.3, 0.4) is 0 Å². The van der Waals surface area contributed by atoms with Gasteiger partial charge in [-0.2, -0.15) is 0 Å². The molecule has 0 amide bonds. The van der Waals surface area contributed by atoms with Gasteiger partial charge in [0.25, 0.3) is 0 Å². The Morgan fingerprint density at radius 2 is 1.90 bits per heavy atom. The van der Waals surface area contributed by atoms with Crippen LogP contribution in [0.1, 0.15) is 24.5 Å². The van der Waals surface area contributed by atoms with Gasteiger partial charge in [-0.25, -0.2) is 0 Å². The Labute approximate surface area is 140 Å². The molecule has 2 aromatic rings. The number of aryl methyl sites for hydroxylation is 1. The molecule has 0 spiro atoms. The molecule has 112 valence electrons. The molecule has 4 heteroatoms. The molecule has 0 aliphatic heterocycles. The smallest absolute Gasteiger partial charge is 0.0546 e. The third-order valence-electron chi connectivity index (χ3n) is 3.44. The van der Waals surface area contributed by atoms with Crippen molar-refractivity contribution in [2.24, 2.45) is 5.73 Å². The molecule has 1 nitrogen and oxygen atoms in total. The van der Waals surface area contributed by atoms with Crippen LogP contribution in [0, 0.1) is 6.92 Å². The van der Waals surface area contributed by atoms with Gasteiger partial charge in [-0.1, -0.05) is 48.0 Å². The van der Waals surface area contributed by atoms with Gasteiger partial charge in [-0.05, 0) is 61.2 Å². The first-order valence-electron chi connectivity index (χ1n) is 6.97. The lowest BCUT2D eigenvalue weighted by molar-refractivity contribution is 0.644. The van der Waals surface area contributed by atoms with Crippen molar-refractivity contribution >= 4 is 35.0 Å². The lowest BCUT2D eigenvalue weighted by Crippen LogP contribution is -2.21. The van der Waals surface area contributed by atoms with Crippen molar-refractivity contribution in [3.8, 4) is 0 Å². The highest BCUT2D eigenvalue weighted by Crippen LogP contribution is 2.35. The first kappa shape index (κ1) is 16.7. The van der Waals surface area contributed by atoms with E-state index in [4.69, 9.17) is 28.9 Å². The first-order valence-corrected chi connectivity index (χ1v) is 8.55. The van der Waals surface area contributed by atoms with Crippen molar-refractivity contribution in [3.05, 3.63) is 57.6 Å². The highest BCUT2D eigenvalue weighted by atomic mass is 35.5. The quantitative estimate of drug-likeness (QED) is 0.752. The Hall–Kier alpha value is -0.670. The molecular weight excluding hydrogens is 321 g/mol. The Morgan fingerprint density at radius 3 is 2.57 bits per heavy atom.